The zero-order valence-corrected chi connectivity index (χ0v) is 14.6. The van der Waals surface area contributed by atoms with Crippen molar-refractivity contribution in [3.05, 3.63) is 59.7 Å². The number of hydrogen-bond acceptors (Lipinski definition) is 2. The zero-order valence-electron chi connectivity index (χ0n) is 13.7. The third-order valence-corrected chi connectivity index (χ3v) is 6.62. The van der Waals surface area contributed by atoms with Crippen molar-refractivity contribution < 1.29 is 13.3 Å². The van der Waals surface area contributed by atoms with Crippen LogP contribution in [0.15, 0.2) is 48.5 Å². The molecule has 0 unspecified atom stereocenters. The summed E-state index contributed by atoms with van der Waals surface area (Å²) >= 11 is 0. The van der Waals surface area contributed by atoms with Crippen molar-refractivity contribution in [2.24, 2.45) is 0 Å². The van der Waals surface area contributed by atoms with E-state index in [1.807, 2.05) is 42.5 Å². The molecule has 1 aliphatic rings. The molecule has 0 fully saturated rings. The maximum Gasteiger partial charge on any atom is 0.161 e. The lowest BCUT2D eigenvalue weighted by Gasteiger charge is -2.18. The molecule has 2 aromatic rings. The Kier molecular flexibility index (Phi) is 4.55. The quantitative estimate of drug-likeness (QED) is 0.934. The lowest BCUT2D eigenvalue weighted by atomic mass is 9.93. The highest BCUT2D eigenvalue weighted by atomic mass is 32.2. The summed E-state index contributed by atoms with van der Waals surface area (Å²) in [5.74, 6) is 0.136. The van der Waals surface area contributed by atoms with Crippen molar-refractivity contribution in [1.82, 2.24) is 0 Å². The van der Waals surface area contributed by atoms with E-state index in [1.165, 1.54) is 4.90 Å². The minimum absolute atomic E-state index is 0.136. The predicted octanol–water partition coefficient (Wildman–Crippen LogP) is 2.25. The number of sulfone groups is 1. The van der Waals surface area contributed by atoms with Gasteiger partial charge in [0.1, 0.15) is 0 Å². The second kappa shape index (κ2) is 6.46. The van der Waals surface area contributed by atoms with Gasteiger partial charge in [-0.25, -0.2) is 8.42 Å². The highest BCUT2D eigenvalue weighted by molar-refractivity contribution is 7.90. The summed E-state index contributed by atoms with van der Waals surface area (Å²) in [4.78, 5) is 1.35. The van der Waals surface area contributed by atoms with Gasteiger partial charge in [-0.1, -0.05) is 48.5 Å². The van der Waals surface area contributed by atoms with Crippen LogP contribution in [0.3, 0.4) is 0 Å². The lowest BCUT2D eigenvalue weighted by molar-refractivity contribution is -0.858. The van der Waals surface area contributed by atoms with Crippen LogP contribution in [0.5, 0.6) is 0 Å². The SMILES string of the molecule is C[NH+](C)CCC[C@@H]1c2ccccc2-c2ccccc2CS1(=O)=O. The van der Waals surface area contributed by atoms with Crippen molar-refractivity contribution in [2.45, 2.75) is 23.8 Å². The van der Waals surface area contributed by atoms with E-state index < -0.39 is 15.1 Å². The maximum atomic E-state index is 13.0. The van der Waals surface area contributed by atoms with Gasteiger partial charge in [0.15, 0.2) is 9.84 Å². The number of rotatable bonds is 4. The largest absolute Gasteiger partial charge is 0.340 e. The highest BCUT2D eigenvalue weighted by Gasteiger charge is 2.33. The Morgan fingerprint density at radius 3 is 2.39 bits per heavy atom. The van der Waals surface area contributed by atoms with Gasteiger partial charge in [0.05, 0.1) is 31.6 Å². The first-order chi connectivity index (χ1) is 11.0. The Labute approximate surface area is 138 Å². The molecule has 23 heavy (non-hydrogen) atoms. The normalized spacial score (nSPS) is 19.0. The first-order valence-corrected chi connectivity index (χ1v) is 9.88. The Morgan fingerprint density at radius 1 is 1.00 bits per heavy atom. The highest BCUT2D eigenvalue weighted by Crippen LogP contribution is 2.41. The molecule has 2 aromatic carbocycles. The van der Waals surface area contributed by atoms with E-state index in [4.69, 9.17) is 0 Å². The number of nitrogens with one attached hydrogen (secondary N) is 1. The van der Waals surface area contributed by atoms with Crippen LogP contribution in [-0.2, 0) is 15.6 Å². The fourth-order valence-corrected chi connectivity index (χ4v) is 5.42. The molecule has 4 heteroatoms. The fraction of sp³-hybridized carbons (Fsp3) is 0.368. The molecule has 1 atom stereocenters. The van der Waals surface area contributed by atoms with Gasteiger partial charge in [0.25, 0.3) is 0 Å². The summed E-state index contributed by atoms with van der Waals surface area (Å²) in [6.07, 6.45) is 1.61. The van der Waals surface area contributed by atoms with Gasteiger partial charge in [0.2, 0.25) is 0 Å². The Hall–Kier alpha value is -1.65. The van der Waals surface area contributed by atoms with E-state index in [-0.39, 0.29) is 5.75 Å². The lowest BCUT2D eigenvalue weighted by Crippen LogP contribution is -3.05. The van der Waals surface area contributed by atoms with Crippen LogP contribution in [0.25, 0.3) is 11.1 Å². The molecule has 0 bridgehead atoms. The number of fused-ring (bicyclic) bond motifs is 3. The van der Waals surface area contributed by atoms with Gasteiger partial charge in [-0.05, 0) is 35.1 Å². The van der Waals surface area contributed by atoms with Crippen LogP contribution in [0, 0.1) is 0 Å². The summed E-state index contributed by atoms with van der Waals surface area (Å²) < 4.78 is 26.0. The molecule has 0 aliphatic carbocycles. The summed E-state index contributed by atoms with van der Waals surface area (Å²) in [5.41, 5.74) is 4.02. The molecule has 0 spiro atoms. The van der Waals surface area contributed by atoms with Gasteiger partial charge >= 0.3 is 0 Å². The molecule has 3 nitrogen and oxygen atoms in total. The van der Waals surface area contributed by atoms with Crippen molar-refractivity contribution in [3.63, 3.8) is 0 Å². The molecule has 0 saturated heterocycles. The zero-order chi connectivity index (χ0) is 16.4. The van der Waals surface area contributed by atoms with Gasteiger partial charge in [-0.2, -0.15) is 0 Å². The third kappa shape index (κ3) is 3.33. The first-order valence-electron chi connectivity index (χ1n) is 8.17. The summed E-state index contributed by atoms with van der Waals surface area (Å²) in [6.45, 7) is 0.987. The standard InChI is InChI=1S/C19H23NO2S/c1-20(2)13-7-12-19-18-11-6-5-10-17(18)16-9-4-3-8-15(16)14-23(19,21)22/h3-6,8-11,19H,7,12-14H2,1-2H3/p+1/t19-/m1/s1. The maximum absolute atomic E-state index is 13.0. The molecule has 0 amide bonds. The minimum Gasteiger partial charge on any atom is -0.340 e. The van der Waals surface area contributed by atoms with Crippen molar-refractivity contribution >= 4 is 9.84 Å². The molecule has 0 radical (unpaired) electrons. The Bertz CT molecular complexity index is 797. The van der Waals surface area contributed by atoms with E-state index in [1.54, 1.807) is 0 Å². The third-order valence-electron chi connectivity index (χ3n) is 4.55. The molecular formula is C19H24NO2S+. The summed E-state index contributed by atoms with van der Waals surface area (Å²) in [5, 5.41) is -0.398. The van der Waals surface area contributed by atoms with Gasteiger partial charge in [-0.3, -0.25) is 0 Å². The van der Waals surface area contributed by atoms with Crippen LogP contribution in [-0.4, -0.2) is 29.1 Å². The molecule has 0 saturated carbocycles. The number of benzene rings is 2. The van der Waals surface area contributed by atoms with Gasteiger partial charge in [0, 0.05) is 0 Å². The molecular weight excluding hydrogens is 306 g/mol. The van der Waals surface area contributed by atoms with Gasteiger partial charge < -0.3 is 4.90 Å². The Morgan fingerprint density at radius 2 is 1.65 bits per heavy atom. The van der Waals surface area contributed by atoms with E-state index in [9.17, 15) is 8.42 Å². The second-order valence-corrected chi connectivity index (χ2v) is 8.82. The fourth-order valence-electron chi connectivity index (χ4n) is 3.42. The van der Waals surface area contributed by atoms with E-state index in [0.717, 1.165) is 35.2 Å². The molecule has 122 valence electrons. The van der Waals surface area contributed by atoms with E-state index >= 15 is 0 Å². The molecule has 0 aromatic heterocycles. The van der Waals surface area contributed by atoms with E-state index in [0.29, 0.717) is 6.42 Å². The first kappa shape index (κ1) is 16.2. The smallest absolute Gasteiger partial charge is 0.161 e. The van der Waals surface area contributed by atoms with E-state index in [2.05, 4.69) is 20.2 Å². The van der Waals surface area contributed by atoms with Crippen LogP contribution >= 0.6 is 0 Å². The average Bonchev–Trinajstić information content (AvgIpc) is 2.60. The van der Waals surface area contributed by atoms with Crippen LogP contribution in [0.4, 0.5) is 0 Å². The Balaban J connectivity index is 2.07. The monoisotopic (exact) mass is 330 g/mol. The topological polar surface area (TPSA) is 38.6 Å². The van der Waals surface area contributed by atoms with Crippen LogP contribution in [0.1, 0.15) is 29.2 Å². The molecule has 3 rings (SSSR count). The average molecular weight is 330 g/mol. The molecule has 1 N–H and O–H groups in total. The van der Waals surface area contributed by atoms with Gasteiger partial charge in [-0.15, -0.1) is 0 Å². The number of hydrogen-bond donors (Lipinski definition) is 1. The van der Waals surface area contributed by atoms with Crippen LogP contribution < -0.4 is 4.90 Å². The predicted molar refractivity (Wildman–Crippen MR) is 94.2 cm³/mol. The second-order valence-electron chi connectivity index (χ2n) is 6.64. The molecule has 1 heterocycles. The van der Waals surface area contributed by atoms with Crippen LogP contribution in [0.2, 0.25) is 0 Å². The van der Waals surface area contributed by atoms with Crippen molar-refractivity contribution in [1.29, 1.82) is 0 Å². The van der Waals surface area contributed by atoms with Crippen molar-refractivity contribution in [2.75, 3.05) is 20.6 Å². The summed E-state index contributed by atoms with van der Waals surface area (Å²) in [6, 6.07) is 15.9. The summed E-state index contributed by atoms with van der Waals surface area (Å²) in [7, 11) is 1.01. The number of quaternary nitrogens is 1. The molecule has 1 aliphatic heterocycles. The minimum atomic E-state index is -3.19. The van der Waals surface area contributed by atoms with Crippen molar-refractivity contribution in [3.8, 4) is 11.1 Å².